The molecule has 0 spiro atoms. The molecule has 1 aliphatic carbocycles. The van der Waals surface area contributed by atoms with E-state index in [0.717, 1.165) is 43.0 Å². The second-order valence-corrected chi connectivity index (χ2v) is 9.83. The maximum absolute atomic E-state index is 13.5. The number of halogens is 3. The van der Waals surface area contributed by atoms with Crippen LogP contribution >= 0.6 is 23.2 Å². The molecule has 1 saturated carbocycles. The topological polar surface area (TPSA) is 56.3 Å². The molecular formula is C27H26Cl2FNO3. The van der Waals surface area contributed by atoms with Crippen LogP contribution in [0.5, 0.6) is 5.75 Å². The fraction of sp³-hybridized carbons (Fsp3) is 0.370. The van der Waals surface area contributed by atoms with Crippen molar-refractivity contribution in [3.8, 4) is 5.75 Å². The van der Waals surface area contributed by atoms with E-state index in [4.69, 9.17) is 27.9 Å². The number of carbonyl (C=O) groups excluding carboxylic acids is 2. The van der Waals surface area contributed by atoms with Gasteiger partial charge < -0.3 is 4.74 Å². The Bertz CT molecular complexity index is 1190. The minimum absolute atomic E-state index is 0.0117. The predicted molar refractivity (Wildman–Crippen MR) is 132 cm³/mol. The van der Waals surface area contributed by atoms with E-state index in [0.29, 0.717) is 41.1 Å². The number of ketones is 2. The summed E-state index contributed by atoms with van der Waals surface area (Å²) in [6.45, 7) is -0.0690. The van der Waals surface area contributed by atoms with Crippen molar-refractivity contribution in [1.82, 2.24) is 4.98 Å². The fourth-order valence-corrected chi connectivity index (χ4v) is 4.85. The predicted octanol–water partition coefficient (Wildman–Crippen LogP) is 7.49. The second-order valence-electron chi connectivity index (χ2n) is 8.99. The molecule has 34 heavy (non-hydrogen) atoms. The first kappa shape index (κ1) is 24.6. The molecule has 2 aromatic carbocycles. The number of aromatic nitrogens is 1. The van der Waals surface area contributed by atoms with Crippen LogP contribution in [0.3, 0.4) is 0 Å². The molecule has 0 unspecified atom stereocenters. The van der Waals surface area contributed by atoms with Gasteiger partial charge in [-0.1, -0.05) is 42.1 Å². The Morgan fingerprint density at radius 1 is 0.971 bits per heavy atom. The largest absolute Gasteiger partial charge is 0.486 e. The van der Waals surface area contributed by atoms with Crippen LogP contribution in [0, 0.1) is 17.7 Å². The number of benzene rings is 2. The SMILES string of the molecule is O=C(COc1ccc(Cl)c(F)c1)CC1CCC(CCC(=O)c2ccc3cc(Cl)ccc3n2)CC1. The Morgan fingerprint density at radius 2 is 1.74 bits per heavy atom. The van der Waals surface area contributed by atoms with Crippen molar-refractivity contribution in [2.75, 3.05) is 6.61 Å². The van der Waals surface area contributed by atoms with Gasteiger partial charge >= 0.3 is 0 Å². The Balaban J connectivity index is 1.18. The molecule has 178 valence electrons. The number of hydrogen-bond acceptors (Lipinski definition) is 4. The average molecular weight is 502 g/mol. The van der Waals surface area contributed by atoms with Crippen molar-refractivity contribution < 1.29 is 18.7 Å². The quantitative estimate of drug-likeness (QED) is 0.285. The second kappa shape index (κ2) is 11.3. The lowest BCUT2D eigenvalue weighted by Crippen LogP contribution is -2.21. The summed E-state index contributed by atoms with van der Waals surface area (Å²) in [7, 11) is 0. The first-order chi connectivity index (χ1) is 16.4. The molecule has 1 heterocycles. The number of nitrogens with zero attached hydrogens (tertiary/aromatic N) is 1. The van der Waals surface area contributed by atoms with E-state index in [1.165, 1.54) is 12.1 Å². The van der Waals surface area contributed by atoms with Crippen LogP contribution in [0.25, 0.3) is 10.9 Å². The van der Waals surface area contributed by atoms with Gasteiger partial charge in [0.05, 0.1) is 10.5 Å². The molecule has 7 heteroatoms. The van der Waals surface area contributed by atoms with Gasteiger partial charge in [-0.25, -0.2) is 9.37 Å². The summed E-state index contributed by atoms with van der Waals surface area (Å²) < 4.78 is 18.9. The lowest BCUT2D eigenvalue weighted by Gasteiger charge is -2.28. The normalized spacial score (nSPS) is 18.1. The monoisotopic (exact) mass is 501 g/mol. The van der Waals surface area contributed by atoms with Gasteiger partial charge in [0.25, 0.3) is 0 Å². The Labute approximate surface area is 208 Å². The van der Waals surface area contributed by atoms with E-state index in [2.05, 4.69) is 4.98 Å². The lowest BCUT2D eigenvalue weighted by molar-refractivity contribution is -0.122. The maximum atomic E-state index is 13.5. The molecule has 4 rings (SSSR count). The maximum Gasteiger partial charge on any atom is 0.181 e. The van der Waals surface area contributed by atoms with Gasteiger partial charge in [-0.15, -0.1) is 0 Å². The van der Waals surface area contributed by atoms with Crippen LogP contribution in [0.1, 0.15) is 55.4 Å². The summed E-state index contributed by atoms with van der Waals surface area (Å²) in [6, 6.07) is 13.2. The van der Waals surface area contributed by atoms with E-state index in [1.807, 2.05) is 18.2 Å². The van der Waals surface area contributed by atoms with Gasteiger partial charge in [-0.2, -0.15) is 0 Å². The van der Waals surface area contributed by atoms with Crippen molar-refractivity contribution in [3.63, 3.8) is 0 Å². The van der Waals surface area contributed by atoms with Crippen molar-refractivity contribution in [1.29, 1.82) is 0 Å². The van der Waals surface area contributed by atoms with Gasteiger partial charge in [-0.3, -0.25) is 9.59 Å². The molecule has 1 fully saturated rings. The van der Waals surface area contributed by atoms with Crippen molar-refractivity contribution >= 4 is 45.7 Å². The molecule has 0 bridgehead atoms. The molecule has 1 aromatic heterocycles. The molecule has 0 saturated heterocycles. The highest BCUT2D eigenvalue weighted by Gasteiger charge is 2.24. The summed E-state index contributed by atoms with van der Waals surface area (Å²) >= 11 is 11.7. The molecule has 0 N–H and O–H groups in total. The molecule has 3 aromatic rings. The number of pyridine rings is 1. The number of ether oxygens (including phenoxy) is 1. The number of carbonyl (C=O) groups is 2. The summed E-state index contributed by atoms with van der Waals surface area (Å²) in [4.78, 5) is 29.4. The smallest absolute Gasteiger partial charge is 0.181 e. The third-order valence-electron chi connectivity index (χ3n) is 6.49. The van der Waals surface area contributed by atoms with Gasteiger partial charge in [-0.05, 0) is 67.5 Å². The molecule has 0 radical (unpaired) electrons. The highest BCUT2D eigenvalue weighted by atomic mass is 35.5. The van der Waals surface area contributed by atoms with E-state index in [9.17, 15) is 14.0 Å². The minimum Gasteiger partial charge on any atom is -0.486 e. The molecule has 0 amide bonds. The van der Waals surface area contributed by atoms with Crippen LogP contribution in [-0.2, 0) is 4.79 Å². The highest BCUT2D eigenvalue weighted by molar-refractivity contribution is 6.31. The van der Waals surface area contributed by atoms with Crippen molar-refractivity contribution in [2.45, 2.75) is 44.9 Å². The van der Waals surface area contributed by atoms with E-state index >= 15 is 0 Å². The third-order valence-corrected chi connectivity index (χ3v) is 7.03. The lowest BCUT2D eigenvalue weighted by atomic mass is 9.78. The van der Waals surface area contributed by atoms with E-state index < -0.39 is 5.82 Å². The Morgan fingerprint density at radius 3 is 2.50 bits per heavy atom. The average Bonchev–Trinajstić information content (AvgIpc) is 2.84. The van der Waals surface area contributed by atoms with Crippen molar-refractivity contribution in [3.05, 3.63) is 70.1 Å². The summed E-state index contributed by atoms with van der Waals surface area (Å²) in [5.74, 6) is 0.627. The van der Waals surface area contributed by atoms with Crippen LogP contribution in [0.2, 0.25) is 10.0 Å². The molecule has 0 aliphatic heterocycles. The van der Waals surface area contributed by atoms with Gasteiger partial charge in [0.1, 0.15) is 23.9 Å². The van der Waals surface area contributed by atoms with Gasteiger partial charge in [0, 0.05) is 29.3 Å². The zero-order chi connectivity index (χ0) is 24.1. The van der Waals surface area contributed by atoms with Gasteiger partial charge in [0.15, 0.2) is 11.6 Å². The molecule has 0 atom stereocenters. The fourth-order valence-electron chi connectivity index (χ4n) is 4.55. The van der Waals surface area contributed by atoms with Gasteiger partial charge in [0.2, 0.25) is 0 Å². The zero-order valence-electron chi connectivity index (χ0n) is 18.7. The summed E-state index contributed by atoms with van der Waals surface area (Å²) in [6.07, 6.45) is 5.74. The first-order valence-corrected chi connectivity index (χ1v) is 12.3. The highest BCUT2D eigenvalue weighted by Crippen LogP contribution is 2.34. The molecule has 4 nitrogen and oxygen atoms in total. The molecule has 1 aliphatic rings. The third kappa shape index (κ3) is 6.55. The van der Waals surface area contributed by atoms with Crippen molar-refractivity contribution in [2.24, 2.45) is 11.8 Å². The van der Waals surface area contributed by atoms with Crippen LogP contribution in [0.4, 0.5) is 4.39 Å². The molecular weight excluding hydrogens is 476 g/mol. The number of rotatable bonds is 9. The van der Waals surface area contributed by atoms with Crippen LogP contribution < -0.4 is 4.74 Å². The standard InChI is InChI=1S/C27H26Cl2FNO3/c28-20-7-11-25-19(14-20)6-10-26(31-25)27(33)12-5-17-1-3-18(4-2-17)13-21(32)16-34-22-8-9-23(29)24(30)15-22/h6-11,14-15,17-18H,1-5,12-13,16H2. The summed E-state index contributed by atoms with van der Waals surface area (Å²) in [5, 5.41) is 1.59. The first-order valence-electron chi connectivity index (χ1n) is 11.6. The Hall–Kier alpha value is -2.50. The number of hydrogen-bond donors (Lipinski definition) is 0. The van der Waals surface area contributed by atoms with E-state index in [1.54, 1.807) is 18.2 Å². The van der Waals surface area contributed by atoms with E-state index in [-0.39, 0.29) is 23.2 Å². The Kier molecular flexibility index (Phi) is 8.17. The van der Waals surface area contributed by atoms with Crippen LogP contribution in [-0.4, -0.2) is 23.2 Å². The van der Waals surface area contributed by atoms with Crippen LogP contribution in [0.15, 0.2) is 48.5 Å². The number of fused-ring (bicyclic) bond motifs is 1. The minimum atomic E-state index is -0.565. The summed E-state index contributed by atoms with van der Waals surface area (Å²) in [5.41, 5.74) is 1.26. The zero-order valence-corrected chi connectivity index (χ0v) is 20.2. The number of Topliss-reactive ketones (excluding diaryl/α,β-unsaturated/α-hetero) is 2.